The second kappa shape index (κ2) is 5.51. The number of benzene rings is 1. The van der Waals surface area contributed by atoms with Crippen LogP contribution in [0.4, 0.5) is 0 Å². The highest BCUT2D eigenvalue weighted by molar-refractivity contribution is 6.76. The van der Waals surface area contributed by atoms with Gasteiger partial charge in [0.2, 0.25) is 3.79 Å². The summed E-state index contributed by atoms with van der Waals surface area (Å²) in [7, 11) is 0. The highest BCUT2D eigenvalue weighted by atomic mass is 35.6. The SMILES string of the molecule is Cl/C(=N\C(Cl)(Cl)C(Cl)(Cl)Cl)c1ccccc1. The Kier molecular flexibility index (Phi) is 5.06. The van der Waals surface area contributed by atoms with Crippen LogP contribution in [-0.4, -0.2) is 13.4 Å². The molecule has 1 aromatic carbocycles. The Morgan fingerprint density at radius 2 is 1.44 bits per heavy atom. The van der Waals surface area contributed by atoms with E-state index in [9.17, 15) is 0 Å². The molecule has 1 aromatic rings. The lowest BCUT2D eigenvalue weighted by atomic mass is 10.2. The van der Waals surface area contributed by atoms with Crippen LogP contribution in [-0.2, 0) is 0 Å². The summed E-state index contributed by atoms with van der Waals surface area (Å²) < 4.78 is -3.91. The lowest BCUT2D eigenvalue weighted by Gasteiger charge is -2.23. The minimum absolute atomic E-state index is 0.0666. The van der Waals surface area contributed by atoms with E-state index in [0.29, 0.717) is 5.56 Å². The second-order valence-corrected chi connectivity index (χ2v) is 6.73. The third kappa shape index (κ3) is 3.83. The molecule has 0 aromatic heterocycles. The summed E-state index contributed by atoms with van der Waals surface area (Å²) in [4.78, 5) is 3.77. The van der Waals surface area contributed by atoms with E-state index in [1.54, 1.807) is 24.3 Å². The van der Waals surface area contributed by atoms with E-state index in [1.165, 1.54) is 0 Å². The molecule has 1 nitrogen and oxygen atoms in total. The quantitative estimate of drug-likeness (QED) is 0.400. The van der Waals surface area contributed by atoms with Crippen LogP contribution in [0.15, 0.2) is 35.3 Å². The first-order valence-electron chi connectivity index (χ1n) is 3.99. The van der Waals surface area contributed by atoms with Crippen LogP contribution in [0.2, 0.25) is 0 Å². The summed E-state index contributed by atoms with van der Waals surface area (Å²) in [5.74, 6) is 0. The van der Waals surface area contributed by atoms with E-state index in [0.717, 1.165) is 0 Å². The minimum Gasteiger partial charge on any atom is -0.230 e. The van der Waals surface area contributed by atoms with Crippen molar-refractivity contribution in [3.63, 3.8) is 0 Å². The zero-order chi connectivity index (χ0) is 12.4. The van der Waals surface area contributed by atoms with E-state index in [-0.39, 0.29) is 5.17 Å². The van der Waals surface area contributed by atoms with Crippen LogP contribution in [0, 0.1) is 0 Å². The van der Waals surface area contributed by atoms with E-state index in [1.807, 2.05) is 6.07 Å². The molecule has 0 aliphatic carbocycles. The summed E-state index contributed by atoms with van der Waals surface area (Å²) in [6.45, 7) is 0. The van der Waals surface area contributed by atoms with Crippen molar-refractivity contribution in [2.75, 3.05) is 0 Å². The van der Waals surface area contributed by atoms with Gasteiger partial charge in [0.15, 0.2) is 0 Å². The molecular weight excluding hydrogens is 335 g/mol. The van der Waals surface area contributed by atoms with Gasteiger partial charge in [0.05, 0.1) is 0 Å². The molecule has 0 saturated heterocycles. The van der Waals surface area contributed by atoms with E-state index in [4.69, 9.17) is 69.6 Å². The van der Waals surface area contributed by atoms with Gasteiger partial charge in [0.25, 0.3) is 4.46 Å². The first kappa shape index (κ1) is 14.7. The van der Waals surface area contributed by atoms with Gasteiger partial charge in [-0.05, 0) is 0 Å². The molecule has 0 saturated carbocycles. The molecule has 0 spiro atoms. The standard InChI is InChI=1S/C9H5Cl6N/c10-7(6-4-2-1-3-5-6)16-9(14,15)8(11,12)13/h1-5H/b16-7-. The fourth-order valence-electron chi connectivity index (χ4n) is 0.827. The molecule has 0 unspecified atom stereocenters. The van der Waals surface area contributed by atoms with Crippen molar-refractivity contribution in [1.29, 1.82) is 0 Å². The predicted octanol–water partition coefficient (Wildman–Crippen LogP) is 5.17. The summed E-state index contributed by atoms with van der Waals surface area (Å²) in [6.07, 6.45) is 0. The fourth-order valence-corrected chi connectivity index (χ4v) is 1.46. The third-order valence-corrected chi connectivity index (χ3v) is 4.03. The van der Waals surface area contributed by atoms with Crippen LogP contribution < -0.4 is 0 Å². The molecule has 88 valence electrons. The molecule has 1 rings (SSSR count). The number of halogens is 6. The number of nitrogens with zero attached hydrogens (tertiary/aromatic N) is 1. The molecule has 0 amide bonds. The van der Waals surface area contributed by atoms with Crippen LogP contribution in [0.5, 0.6) is 0 Å². The molecule has 0 N–H and O–H groups in total. The smallest absolute Gasteiger partial charge is 0.230 e. The van der Waals surface area contributed by atoms with Crippen molar-refractivity contribution in [2.24, 2.45) is 4.99 Å². The van der Waals surface area contributed by atoms with Gasteiger partial charge in [-0.15, -0.1) is 0 Å². The maximum absolute atomic E-state index is 5.90. The van der Waals surface area contributed by atoms with Crippen LogP contribution in [0.25, 0.3) is 0 Å². The first-order valence-corrected chi connectivity index (χ1v) is 6.26. The molecule has 16 heavy (non-hydrogen) atoms. The molecule has 0 atom stereocenters. The van der Waals surface area contributed by atoms with Gasteiger partial charge < -0.3 is 0 Å². The zero-order valence-corrected chi connectivity index (χ0v) is 12.1. The maximum Gasteiger partial charge on any atom is 0.256 e. The second-order valence-electron chi connectivity index (χ2n) is 2.81. The normalized spacial score (nSPS) is 14.0. The summed E-state index contributed by atoms with van der Waals surface area (Å²) >= 11 is 34.1. The molecular formula is C9H5Cl6N. The van der Waals surface area contributed by atoms with E-state index < -0.39 is 8.25 Å². The van der Waals surface area contributed by atoms with Gasteiger partial charge in [-0.3, -0.25) is 0 Å². The Bertz CT molecular complexity index is 381. The van der Waals surface area contributed by atoms with Crippen molar-refractivity contribution in [3.05, 3.63) is 35.9 Å². The number of hydrogen-bond donors (Lipinski definition) is 0. The third-order valence-electron chi connectivity index (χ3n) is 1.59. The van der Waals surface area contributed by atoms with Crippen molar-refractivity contribution >= 4 is 74.8 Å². The minimum atomic E-state index is -1.97. The summed E-state index contributed by atoms with van der Waals surface area (Å²) in [6, 6.07) is 8.86. The Labute approximate surface area is 123 Å². The Morgan fingerprint density at radius 1 is 0.938 bits per heavy atom. The largest absolute Gasteiger partial charge is 0.256 e. The zero-order valence-electron chi connectivity index (χ0n) is 7.60. The molecule has 0 aliphatic rings. The van der Waals surface area contributed by atoms with Crippen molar-refractivity contribution < 1.29 is 0 Å². The maximum atomic E-state index is 5.90. The highest BCUT2D eigenvalue weighted by Crippen LogP contribution is 2.47. The average Bonchev–Trinajstić information content (AvgIpc) is 2.16. The van der Waals surface area contributed by atoms with Gasteiger partial charge in [0, 0.05) is 5.56 Å². The lowest BCUT2D eigenvalue weighted by molar-refractivity contribution is 0.853. The topological polar surface area (TPSA) is 12.4 Å². The number of aliphatic imine (C=N–C) groups is 1. The van der Waals surface area contributed by atoms with Crippen LogP contribution in [0.3, 0.4) is 0 Å². The molecule has 0 heterocycles. The monoisotopic (exact) mass is 337 g/mol. The molecule has 0 aliphatic heterocycles. The van der Waals surface area contributed by atoms with E-state index >= 15 is 0 Å². The molecule has 7 heteroatoms. The Balaban J connectivity index is 3.03. The number of rotatable bonds is 2. The highest BCUT2D eigenvalue weighted by Gasteiger charge is 2.46. The predicted molar refractivity (Wildman–Crippen MR) is 73.6 cm³/mol. The van der Waals surface area contributed by atoms with Crippen molar-refractivity contribution in [2.45, 2.75) is 8.25 Å². The van der Waals surface area contributed by atoms with Crippen molar-refractivity contribution in [1.82, 2.24) is 0 Å². The van der Waals surface area contributed by atoms with Gasteiger partial charge in [0.1, 0.15) is 5.17 Å². The summed E-state index contributed by atoms with van der Waals surface area (Å²) in [5, 5.41) is 0.0666. The Morgan fingerprint density at radius 3 is 1.88 bits per heavy atom. The Hall–Kier alpha value is 0.630. The average molecular weight is 340 g/mol. The number of hydrogen-bond acceptors (Lipinski definition) is 1. The molecule has 0 radical (unpaired) electrons. The van der Waals surface area contributed by atoms with Gasteiger partial charge >= 0.3 is 0 Å². The van der Waals surface area contributed by atoms with Crippen LogP contribution >= 0.6 is 69.6 Å². The summed E-state index contributed by atoms with van der Waals surface area (Å²) in [5.41, 5.74) is 0.629. The number of alkyl halides is 5. The van der Waals surface area contributed by atoms with Gasteiger partial charge in [-0.2, -0.15) is 0 Å². The van der Waals surface area contributed by atoms with E-state index in [2.05, 4.69) is 4.99 Å². The fraction of sp³-hybridized carbons (Fsp3) is 0.222. The van der Waals surface area contributed by atoms with Gasteiger partial charge in [-0.25, -0.2) is 4.99 Å². The molecule has 0 bridgehead atoms. The van der Waals surface area contributed by atoms with Crippen molar-refractivity contribution in [3.8, 4) is 0 Å². The molecule has 0 fully saturated rings. The first-order chi connectivity index (χ1) is 7.24. The lowest BCUT2D eigenvalue weighted by Crippen LogP contribution is -2.29. The van der Waals surface area contributed by atoms with Gasteiger partial charge in [-0.1, -0.05) is 99.9 Å². The van der Waals surface area contributed by atoms with Crippen LogP contribution in [0.1, 0.15) is 5.56 Å².